The van der Waals surface area contributed by atoms with Gasteiger partial charge in [0.15, 0.2) is 0 Å². The van der Waals surface area contributed by atoms with Gasteiger partial charge >= 0.3 is 0 Å². The molecule has 10 rings (SSSR count). The summed E-state index contributed by atoms with van der Waals surface area (Å²) in [7, 11) is 0. The molecule has 240 valence electrons. The normalized spacial score (nSPS) is 11.7. The third kappa shape index (κ3) is 4.52. The van der Waals surface area contributed by atoms with E-state index in [1.165, 1.54) is 64.0 Å². The van der Waals surface area contributed by atoms with Crippen LogP contribution in [0.3, 0.4) is 0 Å². The molecule has 51 heavy (non-hydrogen) atoms. The fourth-order valence-corrected chi connectivity index (χ4v) is 9.26. The highest BCUT2D eigenvalue weighted by Gasteiger charge is 2.21. The summed E-state index contributed by atoms with van der Waals surface area (Å²) in [5, 5.41) is 21.5. The average molecular weight is 674 g/mol. The molecular formula is C46H27NO3S. The van der Waals surface area contributed by atoms with Crippen molar-refractivity contribution in [3.8, 4) is 39.1 Å². The van der Waals surface area contributed by atoms with Crippen LogP contribution < -0.4 is 4.84 Å². The molecule has 1 aromatic heterocycles. The number of thiophene rings is 1. The van der Waals surface area contributed by atoms with E-state index in [2.05, 4.69) is 115 Å². The molecule has 9 aromatic carbocycles. The molecule has 4 nitrogen and oxygen atoms in total. The lowest BCUT2D eigenvalue weighted by Crippen LogP contribution is -2.05. The molecule has 0 bridgehead atoms. The predicted molar refractivity (Wildman–Crippen MR) is 213 cm³/mol. The van der Waals surface area contributed by atoms with Crippen molar-refractivity contribution < 1.29 is 9.92 Å². The van der Waals surface area contributed by atoms with Crippen molar-refractivity contribution in [2.75, 3.05) is 0 Å². The molecule has 0 saturated carbocycles. The second-order valence-corrected chi connectivity index (χ2v) is 13.9. The lowest BCUT2D eigenvalue weighted by atomic mass is 9.86. The van der Waals surface area contributed by atoms with Crippen molar-refractivity contribution in [3.05, 3.63) is 174 Å². The van der Waals surface area contributed by atoms with Crippen molar-refractivity contribution >= 4 is 74.6 Å². The van der Waals surface area contributed by atoms with E-state index < -0.39 is 5.09 Å². The maximum Gasteiger partial charge on any atom is 0.299 e. The predicted octanol–water partition coefficient (Wildman–Crippen LogP) is 13.2. The molecule has 0 aliphatic heterocycles. The average Bonchev–Trinajstić information content (AvgIpc) is 3.55. The third-order valence-electron chi connectivity index (χ3n) is 10.1. The van der Waals surface area contributed by atoms with E-state index in [4.69, 9.17) is 4.84 Å². The van der Waals surface area contributed by atoms with Crippen LogP contribution in [0, 0.1) is 10.1 Å². The molecule has 0 aliphatic carbocycles. The van der Waals surface area contributed by atoms with Gasteiger partial charge in [0, 0.05) is 36.5 Å². The van der Waals surface area contributed by atoms with Crippen LogP contribution in [0.5, 0.6) is 5.75 Å². The smallest absolute Gasteiger partial charge is 0.275 e. The Bertz CT molecular complexity index is 2920. The first kappa shape index (κ1) is 29.4. The van der Waals surface area contributed by atoms with Gasteiger partial charge in [-0.25, -0.2) is 0 Å². The van der Waals surface area contributed by atoms with Crippen LogP contribution >= 0.6 is 11.3 Å². The topological polar surface area (TPSA) is 52.4 Å². The molecule has 0 fully saturated rings. The van der Waals surface area contributed by atoms with Crippen LogP contribution in [0.2, 0.25) is 0 Å². The van der Waals surface area contributed by atoms with Crippen molar-refractivity contribution in [3.63, 3.8) is 0 Å². The van der Waals surface area contributed by atoms with Gasteiger partial charge in [0.2, 0.25) is 0 Å². The van der Waals surface area contributed by atoms with Crippen molar-refractivity contribution in [1.29, 1.82) is 0 Å². The van der Waals surface area contributed by atoms with Gasteiger partial charge in [0.05, 0.1) is 0 Å². The van der Waals surface area contributed by atoms with E-state index >= 15 is 0 Å². The van der Waals surface area contributed by atoms with E-state index in [1.54, 1.807) is 11.3 Å². The van der Waals surface area contributed by atoms with Crippen LogP contribution in [0.1, 0.15) is 0 Å². The molecule has 10 aromatic rings. The van der Waals surface area contributed by atoms with Crippen LogP contribution in [-0.4, -0.2) is 5.09 Å². The van der Waals surface area contributed by atoms with Gasteiger partial charge in [-0.3, -0.25) is 4.84 Å². The first-order valence-electron chi connectivity index (χ1n) is 16.9. The minimum atomic E-state index is -0.722. The number of benzene rings is 9. The van der Waals surface area contributed by atoms with Crippen molar-refractivity contribution in [2.24, 2.45) is 0 Å². The van der Waals surface area contributed by atoms with Crippen LogP contribution in [-0.2, 0) is 0 Å². The molecule has 0 N–H and O–H groups in total. The van der Waals surface area contributed by atoms with Gasteiger partial charge in [-0.1, -0.05) is 152 Å². The van der Waals surface area contributed by atoms with E-state index in [-0.39, 0.29) is 5.75 Å². The summed E-state index contributed by atoms with van der Waals surface area (Å²) in [4.78, 5) is 16.9. The number of rotatable bonds is 5. The van der Waals surface area contributed by atoms with E-state index in [0.29, 0.717) is 10.8 Å². The zero-order valence-electron chi connectivity index (χ0n) is 27.2. The minimum absolute atomic E-state index is 0.265. The Labute approximate surface area is 296 Å². The summed E-state index contributed by atoms with van der Waals surface area (Å²) >= 11 is 1.79. The minimum Gasteiger partial charge on any atom is -0.275 e. The lowest BCUT2D eigenvalue weighted by molar-refractivity contribution is -0.710. The molecule has 0 radical (unpaired) electrons. The Morgan fingerprint density at radius 1 is 0.431 bits per heavy atom. The Balaban J connectivity index is 1.25. The SMILES string of the molecule is O=[N+]([O-])Oc1c2ccccc2c(-c2cccc3c2sc2ccc(-c4c5ccccc5c(-c5ccccc5)c5ccccc45)cc23)c2ccccc12. The second-order valence-electron chi connectivity index (χ2n) is 12.8. The number of fused-ring (bicyclic) bond motifs is 7. The van der Waals surface area contributed by atoms with E-state index in [9.17, 15) is 10.1 Å². The van der Waals surface area contributed by atoms with Crippen LogP contribution in [0.25, 0.3) is 96.6 Å². The Hall–Kier alpha value is -6.56. The highest BCUT2D eigenvalue weighted by molar-refractivity contribution is 7.26. The van der Waals surface area contributed by atoms with E-state index in [1.807, 2.05) is 48.5 Å². The van der Waals surface area contributed by atoms with Crippen molar-refractivity contribution in [2.45, 2.75) is 0 Å². The van der Waals surface area contributed by atoms with Gasteiger partial charge in [-0.2, -0.15) is 0 Å². The maximum absolute atomic E-state index is 11.6. The molecular weight excluding hydrogens is 647 g/mol. The first-order valence-corrected chi connectivity index (χ1v) is 17.7. The summed E-state index contributed by atoms with van der Waals surface area (Å²) in [6.45, 7) is 0. The van der Waals surface area contributed by atoms with Gasteiger partial charge < -0.3 is 0 Å². The highest BCUT2D eigenvalue weighted by Crippen LogP contribution is 2.49. The molecule has 0 spiro atoms. The monoisotopic (exact) mass is 673 g/mol. The molecule has 5 heteroatoms. The molecule has 1 heterocycles. The summed E-state index contributed by atoms with van der Waals surface area (Å²) < 4.78 is 2.38. The quantitative estimate of drug-likeness (QED) is 0.104. The molecule has 0 amide bonds. The van der Waals surface area contributed by atoms with Gasteiger partial charge in [-0.15, -0.1) is 21.5 Å². The Morgan fingerprint density at radius 2 is 0.902 bits per heavy atom. The second kappa shape index (κ2) is 11.5. The Kier molecular flexibility index (Phi) is 6.63. The fraction of sp³-hybridized carbons (Fsp3) is 0. The van der Waals surface area contributed by atoms with Gasteiger partial charge in [0.1, 0.15) is 5.75 Å². The molecule has 0 unspecified atom stereocenters. The summed E-state index contributed by atoms with van der Waals surface area (Å²) in [6, 6.07) is 57.2. The van der Waals surface area contributed by atoms with E-state index in [0.717, 1.165) is 21.9 Å². The van der Waals surface area contributed by atoms with Gasteiger partial charge in [0.25, 0.3) is 5.09 Å². The van der Waals surface area contributed by atoms with Crippen LogP contribution in [0.4, 0.5) is 0 Å². The van der Waals surface area contributed by atoms with Crippen LogP contribution in [0.15, 0.2) is 164 Å². The molecule has 0 saturated heterocycles. The lowest BCUT2D eigenvalue weighted by Gasteiger charge is -2.17. The number of hydrogen-bond donors (Lipinski definition) is 0. The highest BCUT2D eigenvalue weighted by atomic mass is 32.1. The first-order chi connectivity index (χ1) is 25.2. The summed E-state index contributed by atoms with van der Waals surface area (Å²) in [5.74, 6) is 0.265. The fourth-order valence-electron chi connectivity index (χ4n) is 8.06. The molecule has 0 atom stereocenters. The standard InChI is InChI=1S/C46H27NO3S/c48-47(49)50-45-36-21-10-8-19-34(36)44(35-20-9-11-22-37(35)45)39-24-12-23-38-40-27-29(25-26-41(40)51-46(38)39)43-32-17-6-4-15-30(32)42(28-13-2-1-3-14-28)31-16-5-7-18-33(31)43/h1-27H. The molecule has 0 aliphatic rings. The maximum atomic E-state index is 11.6. The Morgan fingerprint density at radius 3 is 1.45 bits per heavy atom. The van der Waals surface area contributed by atoms with Crippen molar-refractivity contribution in [1.82, 2.24) is 0 Å². The number of hydrogen-bond acceptors (Lipinski definition) is 4. The zero-order valence-corrected chi connectivity index (χ0v) is 28.0. The third-order valence-corrected chi connectivity index (χ3v) is 11.3. The zero-order chi connectivity index (χ0) is 34.1. The largest absolute Gasteiger partial charge is 0.299 e. The summed E-state index contributed by atoms with van der Waals surface area (Å²) in [6.07, 6.45) is 0. The van der Waals surface area contributed by atoms with Gasteiger partial charge in [-0.05, 0) is 72.3 Å². The number of nitrogens with zero attached hydrogens (tertiary/aromatic N) is 1. The summed E-state index contributed by atoms with van der Waals surface area (Å²) in [5.41, 5.74) is 7.02.